The number of carbonyl (C=O) groups is 3. The number of phenolic OH excluding ortho intramolecular Hbond substituents is 1. The van der Waals surface area contributed by atoms with Gasteiger partial charge in [-0.3, -0.25) is 14.4 Å². The summed E-state index contributed by atoms with van der Waals surface area (Å²) in [5.74, 6) is -6.16. The van der Waals surface area contributed by atoms with Crippen molar-refractivity contribution in [2.75, 3.05) is 0 Å². The molecule has 1 fully saturated rings. The van der Waals surface area contributed by atoms with Crippen LogP contribution in [0.3, 0.4) is 0 Å². The summed E-state index contributed by atoms with van der Waals surface area (Å²) in [4.78, 5) is 37.7. The SMILES string of the molecule is NC(=O)C1c2cccc(O)c2C(=O)C2=C(O)C3(O)C(=O)CC(O)CC3CC21. The van der Waals surface area contributed by atoms with Crippen LogP contribution in [0.25, 0.3) is 0 Å². The number of fused-ring (bicyclic) bond motifs is 3. The molecule has 1 aromatic rings. The number of nitrogens with two attached hydrogens (primary N) is 1. The number of allylic oxidation sites excluding steroid dienone is 1. The highest BCUT2D eigenvalue weighted by molar-refractivity contribution is 6.16. The Hall–Kier alpha value is -2.71. The van der Waals surface area contributed by atoms with Gasteiger partial charge in [-0.1, -0.05) is 12.1 Å². The van der Waals surface area contributed by atoms with E-state index < -0.39 is 52.7 Å². The van der Waals surface area contributed by atoms with Gasteiger partial charge in [-0.25, -0.2) is 0 Å². The molecule has 8 nitrogen and oxygen atoms in total. The first-order valence-corrected chi connectivity index (χ1v) is 8.71. The second-order valence-corrected chi connectivity index (χ2v) is 7.54. The highest BCUT2D eigenvalue weighted by atomic mass is 16.3. The van der Waals surface area contributed by atoms with E-state index in [4.69, 9.17) is 5.73 Å². The van der Waals surface area contributed by atoms with Crippen LogP contribution in [0.15, 0.2) is 29.5 Å². The molecule has 3 aliphatic rings. The monoisotopic (exact) mass is 373 g/mol. The van der Waals surface area contributed by atoms with E-state index >= 15 is 0 Å². The molecule has 0 aromatic heterocycles. The van der Waals surface area contributed by atoms with Gasteiger partial charge in [0.15, 0.2) is 17.2 Å². The van der Waals surface area contributed by atoms with Crippen LogP contribution < -0.4 is 5.73 Å². The molecule has 0 heterocycles. The molecule has 0 aliphatic heterocycles. The molecule has 0 bridgehead atoms. The van der Waals surface area contributed by atoms with Crippen molar-refractivity contribution >= 4 is 17.5 Å². The van der Waals surface area contributed by atoms with Crippen molar-refractivity contribution in [1.82, 2.24) is 0 Å². The summed E-state index contributed by atoms with van der Waals surface area (Å²) in [6.07, 6.45) is -1.25. The first kappa shape index (κ1) is 17.7. The van der Waals surface area contributed by atoms with Crippen LogP contribution in [0.2, 0.25) is 0 Å². The first-order chi connectivity index (χ1) is 12.7. The molecule has 27 heavy (non-hydrogen) atoms. The van der Waals surface area contributed by atoms with E-state index in [0.29, 0.717) is 0 Å². The lowest BCUT2D eigenvalue weighted by atomic mass is 9.57. The smallest absolute Gasteiger partial charge is 0.225 e. The second-order valence-electron chi connectivity index (χ2n) is 7.54. The van der Waals surface area contributed by atoms with Gasteiger partial charge in [-0.05, 0) is 24.5 Å². The van der Waals surface area contributed by atoms with Gasteiger partial charge < -0.3 is 26.2 Å². The number of aliphatic hydroxyl groups excluding tert-OH is 2. The number of ketones is 2. The number of Topliss-reactive ketones (excluding diaryl/α,β-unsaturated/α-hetero) is 2. The van der Waals surface area contributed by atoms with Crippen LogP contribution in [0, 0.1) is 11.8 Å². The maximum absolute atomic E-state index is 13.0. The van der Waals surface area contributed by atoms with Gasteiger partial charge in [-0.2, -0.15) is 0 Å². The van der Waals surface area contributed by atoms with Crippen molar-refractivity contribution in [3.05, 3.63) is 40.7 Å². The quantitative estimate of drug-likeness (QED) is 0.465. The molecular formula is C19H19NO7. The van der Waals surface area contributed by atoms with Crippen molar-refractivity contribution in [2.24, 2.45) is 17.6 Å². The number of benzene rings is 1. The Morgan fingerprint density at radius 1 is 1.19 bits per heavy atom. The molecule has 5 atom stereocenters. The maximum Gasteiger partial charge on any atom is 0.225 e. The molecule has 4 rings (SSSR count). The van der Waals surface area contributed by atoms with Crippen molar-refractivity contribution in [1.29, 1.82) is 0 Å². The average molecular weight is 373 g/mol. The Morgan fingerprint density at radius 3 is 2.56 bits per heavy atom. The van der Waals surface area contributed by atoms with E-state index in [1.807, 2.05) is 0 Å². The lowest BCUT2D eigenvalue weighted by Crippen LogP contribution is -2.58. The van der Waals surface area contributed by atoms with Gasteiger partial charge in [0.05, 0.1) is 17.6 Å². The molecule has 8 heteroatoms. The minimum Gasteiger partial charge on any atom is -0.508 e. The van der Waals surface area contributed by atoms with E-state index in [1.54, 1.807) is 0 Å². The van der Waals surface area contributed by atoms with Gasteiger partial charge in [0.1, 0.15) is 11.5 Å². The fraction of sp³-hybridized carbons (Fsp3) is 0.421. The lowest BCUT2D eigenvalue weighted by molar-refractivity contribution is -0.155. The van der Waals surface area contributed by atoms with Crippen LogP contribution in [-0.2, 0) is 9.59 Å². The first-order valence-electron chi connectivity index (χ1n) is 8.71. The van der Waals surface area contributed by atoms with Crippen LogP contribution >= 0.6 is 0 Å². The third kappa shape index (κ3) is 2.20. The third-order valence-corrected chi connectivity index (χ3v) is 6.11. The summed E-state index contributed by atoms with van der Waals surface area (Å²) < 4.78 is 0. The van der Waals surface area contributed by atoms with Gasteiger partial charge in [0, 0.05) is 23.8 Å². The Kier molecular flexibility index (Phi) is 3.70. The zero-order valence-corrected chi connectivity index (χ0v) is 14.3. The van der Waals surface area contributed by atoms with Gasteiger partial charge in [0.2, 0.25) is 5.91 Å². The molecule has 0 spiro atoms. The number of amides is 1. The number of carbonyl (C=O) groups excluding carboxylic acids is 3. The van der Waals surface area contributed by atoms with Crippen molar-refractivity contribution < 1.29 is 34.8 Å². The van der Waals surface area contributed by atoms with E-state index in [0.717, 1.165) is 0 Å². The maximum atomic E-state index is 13.0. The molecule has 6 N–H and O–H groups in total. The Labute approximate surface area is 153 Å². The third-order valence-electron chi connectivity index (χ3n) is 6.11. The van der Waals surface area contributed by atoms with E-state index in [-0.39, 0.29) is 41.7 Å². The molecule has 142 valence electrons. The number of aromatic hydroxyl groups is 1. The predicted octanol–water partition coefficient (Wildman–Crippen LogP) is 0.0605. The number of hydrogen-bond acceptors (Lipinski definition) is 7. The largest absolute Gasteiger partial charge is 0.508 e. The molecule has 0 radical (unpaired) electrons. The normalized spacial score (nSPS) is 35.3. The molecular weight excluding hydrogens is 354 g/mol. The Balaban J connectivity index is 1.98. The minimum atomic E-state index is -2.29. The van der Waals surface area contributed by atoms with Crippen molar-refractivity contribution in [2.45, 2.75) is 36.9 Å². The van der Waals surface area contributed by atoms with E-state index in [2.05, 4.69) is 0 Å². The topological polar surface area (TPSA) is 158 Å². The van der Waals surface area contributed by atoms with Crippen LogP contribution in [0.1, 0.15) is 41.1 Å². The molecule has 5 unspecified atom stereocenters. The highest BCUT2D eigenvalue weighted by Crippen LogP contribution is 2.54. The van der Waals surface area contributed by atoms with Crippen LogP contribution in [-0.4, -0.2) is 49.6 Å². The number of aliphatic hydroxyl groups is 3. The summed E-state index contributed by atoms with van der Waals surface area (Å²) in [5.41, 5.74) is 3.11. The average Bonchev–Trinajstić information content (AvgIpc) is 2.57. The summed E-state index contributed by atoms with van der Waals surface area (Å²) in [7, 11) is 0. The zero-order chi connectivity index (χ0) is 19.7. The standard InChI is InChI=1S/C19H19NO7/c20-18(26)13-9-2-1-3-11(22)14(9)16(24)15-10(13)5-7-4-8(21)6-12(23)19(7,27)17(15)25/h1-3,7-8,10,13,21-22,25,27H,4-6H2,(H2,20,26). The fourth-order valence-electron chi connectivity index (χ4n) is 4.92. The van der Waals surface area contributed by atoms with Crippen molar-refractivity contribution in [3.63, 3.8) is 0 Å². The molecule has 0 saturated heterocycles. The minimum absolute atomic E-state index is 0.0210. The number of primary amides is 1. The predicted molar refractivity (Wildman–Crippen MR) is 90.8 cm³/mol. The summed E-state index contributed by atoms with van der Waals surface area (Å²) in [6, 6.07) is 4.27. The number of phenols is 1. The van der Waals surface area contributed by atoms with Gasteiger partial charge in [0.25, 0.3) is 0 Å². The number of rotatable bonds is 1. The van der Waals surface area contributed by atoms with Crippen LogP contribution in [0.4, 0.5) is 0 Å². The molecule has 1 amide bonds. The van der Waals surface area contributed by atoms with E-state index in [1.165, 1.54) is 18.2 Å². The molecule has 3 aliphatic carbocycles. The van der Waals surface area contributed by atoms with Crippen molar-refractivity contribution in [3.8, 4) is 5.75 Å². The number of hydrogen-bond donors (Lipinski definition) is 5. The Morgan fingerprint density at radius 2 is 1.89 bits per heavy atom. The van der Waals surface area contributed by atoms with Crippen LogP contribution in [0.5, 0.6) is 5.75 Å². The Bertz CT molecular complexity index is 921. The molecule has 1 aromatic carbocycles. The summed E-state index contributed by atoms with van der Waals surface area (Å²) in [6.45, 7) is 0. The fourth-order valence-corrected chi connectivity index (χ4v) is 4.92. The van der Waals surface area contributed by atoms with E-state index in [9.17, 15) is 34.8 Å². The highest BCUT2D eigenvalue weighted by Gasteiger charge is 2.60. The zero-order valence-electron chi connectivity index (χ0n) is 14.3. The summed E-state index contributed by atoms with van der Waals surface area (Å²) in [5, 5.41) is 41.8. The summed E-state index contributed by atoms with van der Waals surface area (Å²) >= 11 is 0. The van der Waals surface area contributed by atoms with Gasteiger partial charge in [-0.15, -0.1) is 0 Å². The van der Waals surface area contributed by atoms with Gasteiger partial charge >= 0.3 is 0 Å². The second kappa shape index (κ2) is 5.64. The lowest BCUT2D eigenvalue weighted by Gasteiger charge is -2.48. The molecule has 1 saturated carbocycles.